The number of rotatable bonds is 8. The van der Waals surface area contributed by atoms with Gasteiger partial charge in [0, 0.05) is 31.8 Å². The van der Waals surface area contributed by atoms with Gasteiger partial charge in [0.2, 0.25) is 0 Å². The number of quaternary nitrogens is 1. The molecule has 2 atom stereocenters. The maximum atomic E-state index is 14.6. The fourth-order valence-corrected chi connectivity index (χ4v) is 4.10. The second kappa shape index (κ2) is 10.4. The van der Waals surface area contributed by atoms with E-state index in [0.29, 0.717) is 36.0 Å². The third kappa shape index (κ3) is 5.59. The molecule has 2 unspecified atom stereocenters. The van der Waals surface area contributed by atoms with Gasteiger partial charge in [-0.3, -0.25) is 5.41 Å². The molecule has 1 saturated heterocycles. The quantitative estimate of drug-likeness (QED) is 0.313. The summed E-state index contributed by atoms with van der Waals surface area (Å²) >= 11 is 0. The molecular weight excluding hydrogens is 421 g/mol. The Balaban J connectivity index is 1.85. The van der Waals surface area contributed by atoms with Gasteiger partial charge in [0.25, 0.3) is 0 Å². The summed E-state index contributed by atoms with van der Waals surface area (Å²) < 4.78 is 20.2. The van der Waals surface area contributed by atoms with Crippen molar-refractivity contribution in [3.05, 3.63) is 30.2 Å². The first kappa shape index (κ1) is 24.9. The number of ether oxygens (including phenoxy) is 1. The van der Waals surface area contributed by atoms with Gasteiger partial charge in [-0.25, -0.2) is 8.87 Å². The maximum absolute atomic E-state index is 14.6. The Morgan fingerprint density at radius 1 is 1.39 bits per heavy atom. The number of amidine groups is 1. The molecule has 0 spiro atoms. The number of benzene rings is 1. The predicted octanol–water partition coefficient (Wildman–Crippen LogP) is 4.15. The first-order chi connectivity index (χ1) is 15.6. The van der Waals surface area contributed by atoms with E-state index in [1.807, 2.05) is 39.3 Å². The molecule has 0 amide bonds. The normalized spacial score (nSPS) is 17.4. The molecule has 0 aliphatic carbocycles. The highest BCUT2D eigenvalue weighted by atomic mass is 19.1. The molecule has 180 valence electrons. The molecule has 0 saturated carbocycles. The molecule has 0 radical (unpaired) electrons. The summed E-state index contributed by atoms with van der Waals surface area (Å²) in [5, 5.41) is 14.8. The highest BCUT2D eigenvalue weighted by Crippen LogP contribution is 2.37. The number of methoxy groups -OCH3 is 1. The Bertz CT molecular complexity index is 975. The van der Waals surface area contributed by atoms with Gasteiger partial charge in [-0.05, 0) is 38.3 Å². The number of hydrogen-bond acceptors (Lipinski definition) is 6. The van der Waals surface area contributed by atoms with Crippen molar-refractivity contribution < 1.29 is 9.13 Å². The van der Waals surface area contributed by atoms with E-state index in [1.54, 1.807) is 18.9 Å². The molecule has 0 bridgehead atoms. The van der Waals surface area contributed by atoms with Crippen LogP contribution in [0.25, 0.3) is 0 Å². The zero-order valence-corrected chi connectivity index (χ0v) is 20.6. The van der Waals surface area contributed by atoms with Gasteiger partial charge in [0.1, 0.15) is 11.4 Å². The smallest absolute Gasteiger partial charge is 0.335 e. The van der Waals surface area contributed by atoms with E-state index in [2.05, 4.69) is 27.5 Å². The molecule has 1 aliphatic heterocycles. The highest BCUT2D eigenvalue weighted by molar-refractivity contribution is 5.95. The van der Waals surface area contributed by atoms with E-state index in [9.17, 15) is 4.39 Å². The van der Waals surface area contributed by atoms with E-state index >= 15 is 0 Å². The number of aromatic nitrogens is 2. The Morgan fingerprint density at radius 3 is 2.79 bits per heavy atom. The topological polar surface area (TPSA) is 86.2 Å². The standard InChI is InChI=1S/C24H37FN7O/c1-16(20-9-7-8-12-27-20)14-28-23-19(25)15-29-24(30-23)32(4,5)18-10-11-22(33-6)21(13-18)31(3)17(2)26/h10-11,13,15-16,20,26-27H,7-9,12,14H2,1-6H3,(H,28,29,30)/q+1. The predicted molar refractivity (Wildman–Crippen MR) is 133 cm³/mol. The molecular formula is C24H37FN7O+. The Kier molecular flexibility index (Phi) is 7.86. The van der Waals surface area contributed by atoms with Crippen LogP contribution in [-0.4, -0.2) is 63.2 Å². The van der Waals surface area contributed by atoms with Crippen LogP contribution in [0.4, 0.5) is 27.5 Å². The van der Waals surface area contributed by atoms with E-state index in [-0.39, 0.29) is 10.3 Å². The third-order valence-electron chi connectivity index (χ3n) is 6.53. The van der Waals surface area contributed by atoms with Crippen molar-refractivity contribution >= 4 is 29.0 Å². The number of nitrogens with one attached hydrogen (secondary N) is 3. The molecule has 1 aromatic heterocycles. The van der Waals surface area contributed by atoms with Crippen molar-refractivity contribution in [2.24, 2.45) is 5.92 Å². The fraction of sp³-hybridized carbons (Fsp3) is 0.542. The first-order valence-electron chi connectivity index (χ1n) is 11.5. The lowest BCUT2D eigenvalue weighted by molar-refractivity contribution is 0.319. The van der Waals surface area contributed by atoms with Gasteiger partial charge in [-0.15, -0.1) is 0 Å². The minimum Gasteiger partial charge on any atom is -0.495 e. The SMILES string of the molecule is COc1ccc([N+](C)(C)c2ncc(F)c(NCC(C)C3CCCCN3)n2)cc1N(C)C(C)=N. The summed E-state index contributed by atoms with van der Waals surface area (Å²) in [6, 6.07) is 6.19. The van der Waals surface area contributed by atoms with Gasteiger partial charge >= 0.3 is 5.95 Å². The number of anilines is 2. The minimum absolute atomic E-state index is 0.205. The molecule has 2 aromatic rings. The monoisotopic (exact) mass is 458 g/mol. The van der Waals surface area contributed by atoms with E-state index < -0.39 is 5.82 Å². The van der Waals surface area contributed by atoms with Gasteiger partial charge < -0.3 is 20.3 Å². The number of hydrogen-bond donors (Lipinski definition) is 3. The van der Waals surface area contributed by atoms with E-state index in [1.165, 1.54) is 19.0 Å². The lowest BCUT2D eigenvalue weighted by atomic mass is 9.93. The number of piperidine rings is 1. The van der Waals surface area contributed by atoms with Crippen LogP contribution in [-0.2, 0) is 0 Å². The Labute approximate surface area is 196 Å². The van der Waals surface area contributed by atoms with Crippen LogP contribution in [0.15, 0.2) is 24.4 Å². The van der Waals surface area contributed by atoms with Crippen molar-refractivity contribution in [3.8, 4) is 5.75 Å². The van der Waals surface area contributed by atoms with Crippen molar-refractivity contribution in [1.29, 1.82) is 5.41 Å². The second-order valence-electron chi connectivity index (χ2n) is 9.24. The van der Waals surface area contributed by atoms with Crippen LogP contribution in [0.2, 0.25) is 0 Å². The van der Waals surface area contributed by atoms with Crippen LogP contribution >= 0.6 is 0 Å². The first-order valence-corrected chi connectivity index (χ1v) is 11.5. The van der Waals surface area contributed by atoms with Crippen LogP contribution in [0.1, 0.15) is 33.1 Å². The van der Waals surface area contributed by atoms with Crippen LogP contribution in [0.3, 0.4) is 0 Å². The van der Waals surface area contributed by atoms with Crippen molar-refractivity contribution in [1.82, 2.24) is 19.8 Å². The number of halogens is 1. The summed E-state index contributed by atoms with van der Waals surface area (Å²) in [7, 11) is 7.34. The molecule has 33 heavy (non-hydrogen) atoms. The van der Waals surface area contributed by atoms with Gasteiger partial charge in [-0.2, -0.15) is 9.97 Å². The van der Waals surface area contributed by atoms with Crippen molar-refractivity contribution in [3.63, 3.8) is 0 Å². The average molecular weight is 459 g/mol. The van der Waals surface area contributed by atoms with E-state index in [4.69, 9.17) is 10.1 Å². The van der Waals surface area contributed by atoms with Crippen LogP contribution in [0.5, 0.6) is 5.75 Å². The number of nitrogens with zero attached hydrogens (tertiary/aromatic N) is 4. The van der Waals surface area contributed by atoms with Crippen molar-refractivity contribution in [2.45, 2.75) is 39.2 Å². The summed E-state index contributed by atoms with van der Waals surface area (Å²) in [6.45, 7) is 5.57. The molecule has 1 aromatic carbocycles. The Morgan fingerprint density at radius 2 is 2.15 bits per heavy atom. The molecule has 3 rings (SSSR count). The van der Waals surface area contributed by atoms with E-state index in [0.717, 1.165) is 24.3 Å². The molecule has 3 N–H and O–H groups in total. The van der Waals surface area contributed by atoms with Gasteiger partial charge in [0.15, 0.2) is 11.6 Å². The molecule has 1 fully saturated rings. The summed E-state index contributed by atoms with van der Waals surface area (Å²) in [4.78, 5) is 10.6. The largest absolute Gasteiger partial charge is 0.495 e. The zero-order chi connectivity index (χ0) is 24.2. The second-order valence-corrected chi connectivity index (χ2v) is 9.24. The lowest BCUT2D eigenvalue weighted by Gasteiger charge is -2.30. The van der Waals surface area contributed by atoms with Crippen LogP contribution < -0.4 is 24.8 Å². The minimum atomic E-state index is -0.461. The molecule has 9 heteroatoms. The summed E-state index contributed by atoms with van der Waals surface area (Å²) in [5.74, 6) is 1.64. The van der Waals surface area contributed by atoms with Crippen molar-refractivity contribution in [2.75, 3.05) is 51.6 Å². The zero-order valence-electron chi connectivity index (χ0n) is 20.6. The average Bonchev–Trinajstić information content (AvgIpc) is 2.82. The summed E-state index contributed by atoms with van der Waals surface area (Å²) in [5.41, 5.74) is 1.65. The maximum Gasteiger partial charge on any atom is 0.335 e. The van der Waals surface area contributed by atoms with Crippen LogP contribution in [0, 0.1) is 17.1 Å². The highest BCUT2D eigenvalue weighted by Gasteiger charge is 2.29. The van der Waals surface area contributed by atoms with Gasteiger partial charge in [0.05, 0.1) is 38.9 Å². The molecule has 8 nitrogen and oxygen atoms in total. The molecule has 2 heterocycles. The summed E-state index contributed by atoms with van der Waals surface area (Å²) in [6.07, 6.45) is 4.83. The molecule has 1 aliphatic rings. The Hall–Kier alpha value is -2.78. The third-order valence-corrected chi connectivity index (χ3v) is 6.53. The fourth-order valence-electron chi connectivity index (χ4n) is 4.10. The lowest BCUT2D eigenvalue weighted by Crippen LogP contribution is -2.41. The van der Waals surface area contributed by atoms with Gasteiger partial charge in [-0.1, -0.05) is 13.3 Å².